The lowest BCUT2D eigenvalue weighted by atomic mass is 9.49. The summed E-state index contributed by atoms with van der Waals surface area (Å²) in [5, 5.41) is 3.54. The number of fused-ring (bicyclic) bond motifs is 1. The second kappa shape index (κ2) is 9.96. The minimum Gasteiger partial charge on any atom is -0.497 e. The number of hydrogen-bond donors (Lipinski definition) is 3. The van der Waals surface area contributed by atoms with Gasteiger partial charge in [-0.05, 0) is 94.3 Å². The Bertz CT molecular complexity index is 1210. The van der Waals surface area contributed by atoms with Crippen molar-refractivity contribution in [1.82, 2.24) is 15.2 Å². The van der Waals surface area contributed by atoms with Crippen LogP contribution in [-0.4, -0.2) is 59.2 Å². The number of benzene rings is 2. The quantitative estimate of drug-likeness (QED) is 0.222. The number of carbonyl (C=O) groups is 2. The van der Waals surface area contributed by atoms with Crippen LogP contribution < -0.4 is 21.8 Å². The summed E-state index contributed by atoms with van der Waals surface area (Å²) in [7, 11) is 1.64. The van der Waals surface area contributed by atoms with Crippen LogP contribution in [0.2, 0.25) is 0 Å². The van der Waals surface area contributed by atoms with Gasteiger partial charge in [-0.3, -0.25) is 19.8 Å². The normalized spacial score (nSPS) is 31.4. The fourth-order valence-corrected chi connectivity index (χ4v) is 7.49. The van der Waals surface area contributed by atoms with Gasteiger partial charge in [0.2, 0.25) is 0 Å². The fourth-order valence-electron chi connectivity index (χ4n) is 7.49. The Morgan fingerprint density at radius 3 is 2.53 bits per heavy atom. The van der Waals surface area contributed by atoms with E-state index in [9.17, 15) is 9.59 Å². The Labute approximate surface area is 224 Å². The van der Waals surface area contributed by atoms with E-state index in [1.807, 2.05) is 24.3 Å². The molecule has 5 rings (SSSR count). The van der Waals surface area contributed by atoms with Crippen LogP contribution in [-0.2, 0) is 21.5 Å². The van der Waals surface area contributed by atoms with Crippen LogP contribution in [0.15, 0.2) is 48.5 Å². The summed E-state index contributed by atoms with van der Waals surface area (Å²) in [5.74, 6) is 12.9. The Hall–Kier alpha value is -2.98. The molecular formula is C29H39N5O4. The number of rotatable bonds is 7. The number of carbonyl (C=O) groups excluding carboxylic acids is 2. The molecular weight excluding hydrogens is 482 g/mol. The number of urea groups is 1. The summed E-state index contributed by atoms with van der Waals surface area (Å²) in [4.78, 5) is 34.4. The highest BCUT2D eigenvalue weighted by atomic mass is 16.6. The highest BCUT2D eigenvalue weighted by Crippen LogP contribution is 2.60. The molecule has 9 nitrogen and oxygen atoms in total. The fraction of sp³-hybridized carbons (Fsp3) is 0.517. The molecule has 0 bridgehead atoms. The van der Waals surface area contributed by atoms with Gasteiger partial charge in [-0.15, -0.1) is 0 Å². The maximum absolute atomic E-state index is 13.3. The van der Waals surface area contributed by atoms with Crippen LogP contribution in [0.3, 0.4) is 0 Å². The van der Waals surface area contributed by atoms with Gasteiger partial charge in [-0.1, -0.05) is 36.4 Å². The van der Waals surface area contributed by atoms with Crippen molar-refractivity contribution in [3.05, 3.63) is 65.2 Å². The van der Waals surface area contributed by atoms with Gasteiger partial charge in [0.05, 0.1) is 7.11 Å². The van der Waals surface area contributed by atoms with Crippen molar-refractivity contribution in [2.75, 3.05) is 20.2 Å². The third-order valence-electron chi connectivity index (χ3n) is 9.61. The maximum atomic E-state index is 13.3. The molecule has 0 unspecified atom stereocenters. The van der Waals surface area contributed by atoms with Gasteiger partial charge in [0.1, 0.15) is 16.9 Å². The number of amides is 3. The molecule has 2 saturated heterocycles. The standard InChI is InChI=1S/C29H39N5O4/c1-20-11-12-23(37-3)18-24(20)27-15-17-33(16-7-10-22-8-5-4-6-9-22)21(2)29(27,38-31)14-13-28(19-27)25(35)32-26(36)34(28)30/h4-6,8-9,11-12,18,21H,7,10,13-17,19,30-31H2,1-3H3,(H,32,35,36)/t21-,27-,28+,29-/m1/s1. The van der Waals surface area contributed by atoms with Gasteiger partial charge < -0.3 is 4.74 Å². The first kappa shape index (κ1) is 26.6. The molecule has 3 amide bonds. The molecule has 0 aromatic heterocycles. The predicted molar refractivity (Wildman–Crippen MR) is 144 cm³/mol. The van der Waals surface area contributed by atoms with E-state index in [4.69, 9.17) is 21.3 Å². The van der Waals surface area contributed by atoms with E-state index in [0.717, 1.165) is 47.8 Å². The van der Waals surface area contributed by atoms with Crippen LogP contribution in [0.1, 0.15) is 55.7 Å². The lowest BCUT2D eigenvalue weighted by Crippen LogP contribution is -2.75. The first-order chi connectivity index (χ1) is 18.2. The van der Waals surface area contributed by atoms with E-state index in [1.54, 1.807) is 7.11 Å². The molecule has 2 aliphatic heterocycles. The summed E-state index contributed by atoms with van der Waals surface area (Å²) >= 11 is 0. The molecule has 3 aliphatic rings. The van der Waals surface area contributed by atoms with Crippen molar-refractivity contribution in [1.29, 1.82) is 0 Å². The molecule has 9 heteroatoms. The number of imide groups is 1. The number of hydrogen-bond acceptors (Lipinski definition) is 7. The molecule has 1 spiro atoms. The molecule has 3 fully saturated rings. The molecule has 204 valence electrons. The minimum atomic E-state index is -1.16. The van der Waals surface area contributed by atoms with Crippen LogP contribution in [0.4, 0.5) is 4.79 Å². The number of nitrogens with two attached hydrogens (primary N) is 2. The molecule has 1 aliphatic carbocycles. The van der Waals surface area contributed by atoms with E-state index in [0.29, 0.717) is 25.7 Å². The number of nitrogens with one attached hydrogen (secondary N) is 1. The largest absolute Gasteiger partial charge is 0.497 e. The van der Waals surface area contributed by atoms with E-state index >= 15 is 0 Å². The van der Waals surface area contributed by atoms with Crippen LogP contribution in [0.25, 0.3) is 0 Å². The number of ether oxygens (including phenoxy) is 1. The average Bonchev–Trinajstić information content (AvgIpc) is 3.13. The SMILES string of the molecule is COc1ccc(C)c([C@]23CCN(CCCc4ccccc4)[C@H](C)[C@]2(ON)CC[C@]2(C3)C(=O)NC(=O)N2N)c1. The number of aryl methyl sites for hydroxylation is 2. The van der Waals surface area contributed by atoms with Gasteiger partial charge in [-0.2, -0.15) is 0 Å². The first-order valence-electron chi connectivity index (χ1n) is 13.4. The molecule has 1 saturated carbocycles. The van der Waals surface area contributed by atoms with Gasteiger partial charge >= 0.3 is 6.03 Å². The van der Waals surface area contributed by atoms with Crippen LogP contribution in [0, 0.1) is 6.92 Å². The van der Waals surface area contributed by atoms with E-state index in [2.05, 4.69) is 48.3 Å². The molecule has 2 heterocycles. The van der Waals surface area contributed by atoms with Crippen LogP contribution >= 0.6 is 0 Å². The Morgan fingerprint density at radius 2 is 1.87 bits per heavy atom. The zero-order valence-corrected chi connectivity index (χ0v) is 22.5. The Morgan fingerprint density at radius 1 is 1.11 bits per heavy atom. The minimum absolute atomic E-state index is 0.0358. The zero-order valence-electron chi connectivity index (χ0n) is 22.5. The van der Waals surface area contributed by atoms with Crippen molar-refractivity contribution in [3.63, 3.8) is 0 Å². The number of nitrogens with zero attached hydrogens (tertiary/aromatic N) is 2. The number of likely N-dealkylation sites (tertiary alicyclic amines) is 1. The second-order valence-electron chi connectivity index (χ2n) is 11.2. The highest BCUT2D eigenvalue weighted by molar-refractivity contribution is 6.07. The summed E-state index contributed by atoms with van der Waals surface area (Å²) in [6.07, 6.45) is 3.87. The zero-order chi connectivity index (χ0) is 27.1. The van der Waals surface area contributed by atoms with Crippen LogP contribution in [0.5, 0.6) is 5.75 Å². The van der Waals surface area contributed by atoms with Gasteiger partial charge in [0, 0.05) is 11.5 Å². The monoisotopic (exact) mass is 521 g/mol. The Kier molecular flexibility index (Phi) is 6.98. The van der Waals surface area contributed by atoms with E-state index < -0.39 is 22.6 Å². The molecule has 2 aromatic carbocycles. The number of hydrazine groups is 1. The van der Waals surface area contributed by atoms with Crippen molar-refractivity contribution in [2.24, 2.45) is 11.7 Å². The molecule has 4 atom stereocenters. The van der Waals surface area contributed by atoms with E-state index in [-0.39, 0.29) is 11.9 Å². The molecule has 0 radical (unpaired) electrons. The van der Waals surface area contributed by atoms with Gasteiger partial charge in [-0.25, -0.2) is 21.5 Å². The third kappa shape index (κ3) is 3.91. The molecule has 2 aromatic rings. The Balaban J connectivity index is 1.54. The maximum Gasteiger partial charge on any atom is 0.339 e. The van der Waals surface area contributed by atoms with E-state index in [1.165, 1.54) is 5.56 Å². The van der Waals surface area contributed by atoms with Crippen molar-refractivity contribution >= 4 is 11.9 Å². The van der Waals surface area contributed by atoms with Crippen molar-refractivity contribution in [2.45, 2.75) is 75.0 Å². The van der Waals surface area contributed by atoms with Crippen molar-refractivity contribution in [3.8, 4) is 5.75 Å². The lowest BCUT2D eigenvalue weighted by molar-refractivity contribution is -0.209. The summed E-state index contributed by atoms with van der Waals surface area (Å²) in [6.45, 7) is 5.94. The second-order valence-corrected chi connectivity index (χ2v) is 11.2. The van der Waals surface area contributed by atoms with Gasteiger partial charge in [0.25, 0.3) is 5.91 Å². The summed E-state index contributed by atoms with van der Waals surface area (Å²) in [6, 6.07) is 15.9. The topological polar surface area (TPSA) is 123 Å². The third-order valence-corrected chi connectivity index (χ3v) is 9.61. The molecule has 38 heavy (non-hydrogen) atoms. The highest BCUT2D eigenvalue weighted by Gasteiger charge is 2.70. The number of piperidine rings is 1. The lowest BCUT2D eigenvalue weighted by Gasteiger charge is -2.64. The smallest absolute Gasteiger partial charge is 0.339 e. The summed E-state index contributed by atoms with van der Waals surface area (Å²) < 4.78 is 5.61. The first-order valence-corrected chi connectivity index (χ1v) is 13.4. The van der Waals surface area contributed by atoms with Gasteiger partial charge in [0.15, 0.2) is 0 Å². The molecule has 5 N–H and O–H groups in total. The van der Waals surface area contributed by atoms with Crippen molar-refractivity contribution < 1.29 is 19.2 Å². The predicted octanol–water partition coefficient (Wildman–Crippen LogP) is 2.95. The number of methoxy groups -OCH3 is 1. The summed E-state index contributed by atoms with van der Waals surface area (Å²) in [5.41, 5.74) is 0.771. The average molecular weight is 522 g/mol.